The molecule has 0 spiro atoms. The van der Waals surface area contributed by atoms with Crippen molar-refractivity contribution in [2.75, 3.05) is 9.80 Å². The predicted molar refractivity (Wildman–Crippen MR) is 266 cm³/mol. The van der Waals surface area contributed by atoms with Gasteiger partial charge in [-0.1, -0.05) is 160 Å². The molecular formula is C59H53BN2O. The van der Waals surface area contributed by atoms with Gasteiger partial charge < -0.3 is 14.5 Å². The van der Waals surface area contributed by atoms with E-state index in [0.717, 1.165) is 24.3 Å². The van der Waals surface area contributed by atoms with Crippen LogP contribution in [-0.4, -0.2) is 18.9 Å². The van der Waals surface area contributed by atoms with E-state index >= 15 is 0 Å². The SMILES string of the molecule is CCC1(C)C2=CC3(C)B4c5ccc(-c6ccccc6)cc5N(c5cccc(-c6ccccc6)c5)c5cccc(c54)OC3C=C2C(C)=C1CC(C)N(c1ccccc1)c1ccccc1. The zero-order valence-corrected chi connectivity index (χ0v) is 36.9. The molecule has 7 aromatic carbocycles. The lowest BCUT2D eigenvalue weighted by Crippen LogP contribution is -2.63. The van der Waals surface area contributed by atoms with E-state index in [2.05, 4.69) is 239 Å². The van der Waals surface area contributed by atoms with Crippen molar-refractivity contribution in [2.45, 2.75) is 64.9 Å². The van der Waals surface area contributed by atoms with Crippen LogP contribution in [0.3, 0.4) is 0 Å². The predicted octanol–water partition coefficient (Wildman–Crippen LogP) is 14.2. The van der Waals surface area contributed by atoms with Gasteiger partial charge in [-0.25, -0.2) is 0 Å². The summed E-state index contributed by atoms with van der Waals surface area (Å²) in [6, 6.07) is 66.5. The Hall–Kier alpha value is -6.78. The molecule has 2 aliphatic heterocycles. The molecule has 0 saturated heterocycles. The van der Waals surface area contributed by atoms with Crippen LogP contribution in [0, 0.1) is 5.41 Å². The Kier molecular flexibility index (Phi) is 9.46. The van der Waals surface area contributed by atoms with E-state index in [1.54, 1.807) is 0 Å². The van der Waals surface area contributed by atoms with E-state index < -0.39 is 0 Å². The quantitative estimate of drug-likeness (QED) is 0.135. The standard InChI is InChI=1S/C59H53BN2O/c1-6-58(4)50(35-40(2)61(46-26-15-9-16-27-46)47-28-17-10-18-29-47)41(3)49-38-56-59(5,39-51(49)58)60-52-34-33-45(43-23-13-8-14-24-43)37-54(52)62(53-31-20-32-55(63-56)57(53)60)48-30-19-25-44(36-48)42-21-11-7-12-22-42/h7-34,36-40,56H,6,35H2,1-5H3. The third-order valence-electron chi connectivity index (χ3n) is 14.9. The van der Waals surface area contributed by atoms with Crippen molar-refractivity contribution < 1.29 is 4.74 Å². The van der Waals surface area contributed by atoms with Gasteiger partial charge in [-0.3, -0.25) is 0 Å². The fourth-order valence-electron chi connectivity index (χ4n) is 11.5. The fourth-order valence-corrected chi connectivity index (χ4v) is 11.5. The largest absolute Gasteiger partial charge is 0.487 e. The lowest BCUT2D eigenvalue weighted by Gasteiger charge is -2.51. The highest BCUT2D eigenvalue weighted by Gasteiger charge is 2.57. The van der Waals surface area contributed by atoms with Crippen molar-refractivity contribution in [2.24, 2.45) is 5.41 Å². The summed E-state index contributed by atoms with van der Waals surface area (Å²) in [6.45, 7) is 12.2. The molecule has 2 heterocycles. The molecule has 308 valence electrons. The maximum absolute atomic E-state index is 7.32. The molecule has 4 aliphatic rings. The number of hydrogen-bond donors (Lipinski definition) is 0. The number of para-hydroxylation sites is 2. The Morgan fingerprint density at radius 3 is 1.87 bits per heavy atom. The molecule has 0 bridgehead atoms. The first kappa shape index (κ1) is 39.1. The Bertz CT molecular complexity index is 2920. The average Bonchev–Trinajstić information content (AvgIpc) is 3.52. The molecular weight excluding hydrogens is 763 g/mol. The number of ether oxygens (including phenoxy) is 1. The molecule has 0 N–H and O–H groups in total. The summed E-state index contributed by atoms with van der Waals surface area (Å²) < 4.78 is 7.32. The normalized spacial score (nSPS) is 21.0. The van der Waals surface area contributed by atoms with Crippen molar-refractivity contribution in [1.82, 2.24) is 0 Å². The van der Waals surface area contributed by atoms with Gasteiger partial charge in [0, 0.05) is 45.2 Å². The second kappa shape index (κ2) is 15.2. The van der Waals surface area contributed by atoms with Crippen LogP contribution in [0.1, 0.15) is 47.5 Å². The van der Waals surface area contributed by atoms with Gasteiger partial charge in [-0.15, -0.1) is 0 Å². The van der Waals surface area contributed by atoms with Crippen molar-refractivity contribution >= 4 is 46.1 Å². The van der Waals surface area contributed by atoms with Gasteiger partial charge in [0.05, 0.1) is 0 Å². The zero-order valence-electron chi connectivity index (χ0n) is 36.9. The number of hydrogen-bond acceptors (Lipinski definition) is 3. The Morgan fingerprint density at radius 2 is 1.24 bits per heavy atom. The third kappa shape index (κ3) is 6.25. The molecule has 3 nitrogen and oxygen atoms in total. The van der Waals surface area contributed by atoms with Gasteiger partial charge >= 0.3 is 0 Å². The molecule has 4 atom stereocenters. The molecule has 63 heavy (non-hydrogen) atoms. The zero-order chi connectivity index (χ0) is 42.9. The minimum absolute atomic E-state index is 0.0668. The monoisotopic (exact) mass is 816 g/mol. The van der Waals surface area contributed by atoms with Crippen molar-refractivity contribution in [3.8, 4) is 28.0 Å². The Balaban J connectivity index is 1.05. The van der Waals surface area contributed by atoms with E-state index in [9.17, 15) is 0 Å². The smallest absolute Gasteiger partial charge is 0.233 e. The van der Waals surface area contributed by atoms with Gasteiger partial charge in [-0.05, 0) is 137 Å². The van der Waals surface area contributed by atoms with Gasteiger partial charge in [0.1, 0.15) is 11.9 Å². The van der Waals surface area contributed by atoms with Gasteiger partial charge in [0.2, 0.25) is 6.71 Å². The number of nitrogens with zero attached hydrogens (tertiary/aromatic N) is 2. The number of allylic oxidation sites excluding steroid dienone is 3. The maximum atomic E-state index is 7.32. The Labute approximate surface area is 373 Å². The van der Waals surface area contributed by atoms with Crippen molar-refractivity contribution in [3.05, 3.63) is 216 Å². The second-order valence-electron chi connectivity index (χ2n) is 18.4. The first-order valence-corrected chi connectivity index (χ1v) is 22.8. The molecule has 2 aliphatic carbocycles. The summed E-state index contributed by atoms with van der Waals surface area (Å²) in [4.78, 5) is 5.02. The number of benzene rings is 7. The van der Waals surface area contributed by atoms with E-state index in [4.69, 9.17) is 4.74 Å². The van der Waals surface area contributed by atoms with Crippen molar-refractivity contribution in [1.29, 1.82) is 0 Å². The van der Waals surface area contributed by atoms with Crippen LogP contribution in [0.25, 0.3) is 22.3 Å². The van der Waals surface area contributed by atoms with Crippen LogP contribution in [0.4, 0.5) is 28.4 Å². The van der Waals surface area contributed by atoms with Crippen LogP contribution in [0.15, 0.2) is 216 Å². The molecule has 0 fully saturated rings. The first-order valence-electron chi connectivity index (χ1n) is 22.8. The number of rotatable bonds is 9. The summed E-state index contributed by atoms with van der Waals surface area (Å²) in [5.41, 5.74) is 19.1. The maximum Gasteiger partial charge on any atom is 0.233 e. The summed E-state index contributed by atoms with van der Waals surface area (Å²) in [5.74, 6) is 0.976. The van der Waals surface area contributed by atoms with Crippen molar-refractivity contribution in [3.63, 3.8) is 0 Å². The number of fused-ring (bicyclic) bond motifs is 5. The lowest BCUT2D eigenvalue weighted by atomic mass is 9.23. The lowest BCUT2D eigenvalue weighted by molar-refractivity contribution is 0.208. The topological polar surface area (TPSA) is 15.7 Å². The van der Waals surface area contributed by atoms with Crippen LogP contribution in [0.5, 0.6) is 5.75 Å². The summed E-state index contributed by atoms with van der Waals surface area (Å²) in [7, 11) is 0. The Morgan fingerprint density at radius 1 is 0.651 bits per heavy atom. The molecule has 4 heteroatoms. The minimum atomic E-state index is -0.360. The molecule has 4 unspecified atom stereocenters. The molecule has 0 amide bonds. The average molecular weight is 817 g/mol. The highest BCUT2D eigenvalue weighted by atomic mass is 16.5. The van der Waals surface area contributed by atoms with Gasteiger partial charge in [0.15, 0.2) is 0 Å². The summed E-state index contributed by atoms with van der Waals surface area (Å²) >= 11 is 0. The molecule has 7 aromatic rings. The molecule has 0 aromatic heterocycles. The van der Waals surface area contributed by atoms with Crippen LogP contribution >= 0.6 is 0 Å². The molecule has 11 rings (SSSR count). The minimum Gasteiger partial charge on any atom is -0.487 e. The summed E-state index contributed by atoms with van der Waals surface area (Å²) in [6.07, 6.45) is 7.01. The molecule has 0 saturated carbocycles. The third-order valence-corrected chi connectivity index (χ3v) is 14.9. The number of anilines is 5. The van der Waals surface area contributed by atoms with E-state index in [1.165, 1.54) is 78.2 Å². The van der Waals surface area contributed by atoms with Crippen LogP contribution in [-0.2, 0) is 0 Å². The van der Waals surface area contributed by atoms with Crippen LogP contribution in [0.2, 0.25) is 5.31 Å². The second-order valence-corrected chi connectivity index (χ2v) is 18.4. The van der Waals surface area contributed by atoms with E-state index in [-0.39, 0.29) is 29.6 Å². The highest BCUT2D eigenvalue weighted by molar-refractivity contribution is 6.92. The van der Waals surface area contributed by atoms with Gasteiger partial charge in [0.25, 0.3) is 0 Å². The fraction of sp³-hybridized carbons (Fsp3) is 0.186. The van der Waals surface area contributed by atoms with Crippen LogP contribution < -0.4 is 25.5 Å². The van der Waals surface area contributed by atoms with E-state index in [1.807, 2.05) is 0 Å². The van der Waals surface area contributed by atoms with E-state index in [0.29, 0.717) is 0 Å². The molecule has 0 radical (unpaired) electrons. The highest BCUT2D eigenvalue weighted by Crippen LogP contribution is 2.61. The van der Waals surface area contributed by atoms with Gasteiger partial charge in [-0.2, -0.15) is 0 Å². The summed E-state index contributed by atoms with van der Waals surface area (Å²) in [5, 5.41) is -0.360. The first-order chi connectivity index (χ1) is 30.8.